The molecule has 2 aromatic rings. The van der Waals surface area contributed by atoms with Gasteiger partial charge in [-0.05, 0) is 13.0 Å². The average Bonchev–Trinajstić information content (AvgIpc) is 2.77. The fourth-order valence-electron chi connectivity index (χ4n) is 1.93. The summed E-state index contributed by atoms with van der Waals surface area (Å²) in [5, 5.41) is 0.608. The summed E-state index contributed by atoms with van der Waals surface area (Å²) in [4.78, 5) is 9.01. The lowest BCUT2D eigenvalue weighted by molar-refractivity contribution is 1.07. The van der Waals surface area contributed by atoms with Gasteiger partial charge in [-0.2, -0.15) is 11.8 Å². The molecule has 0 aliphatic carbocycles. The van der Waals surface area contributed by atoms with Crippen LogP contribution in [0.15, 0.2) is 24.3 Å². The van der Waals surface area contributed by atoms with Crippen LogP contribution in [0.2, 0.25) is 5.15 Å². The summed E-state index contributed by atoms with van der Waals surface area (Å²) < 4.78 is 0. The van der Waals surface area contributed by atoms with Crippen molar-refractivity contribution >= 4 is 23.4 Å². The van der Waals surface area contributed by atoms with Crippen LogP contribution in [0.4, 0.5) is 0 Å². The van der Waals surface area contributed by atoms with Crippen LogP contribution in [0, 0.1) is 6.92 Å². The van der Waals surface area contributed by atoms with E-state index >= 15 is 0 Å². The Morgan fingerprint density at radius 2 is 2.12 bits per heavy atom. The zero-order valence-corrected chi connectivity index (χ0v) is 11.0. The van der Waals surface area contributed by atoms with Gasteiger partial charge < -0.3 is 0 Å². The highest BCUT2D eigenvalue weighted by molar-refractivity contribution is 7.98. The van der Waals surface area contributed by atoms with E-state index in [9.17, 15) is 0 Å². The molecule has 1 aliphatic heterocycles. The summed E-state index contributed by atoms with van der Waals surface area (Å²) in [5.41, 5.74) is 4.43. The Bertz CT molecular complexity index is 584. The van der Waals surface area contributed by atoms with Gasteiger partial charge in [0.25, 0.3) is 0 Å². The molecule has 17 heavy (non-hydrogen) atoms. The molecule has 0 fully saturated rings. The largest absolute Gasteiger partial charge is 0.232 e. The molecule has 2 nitrogen and oxygen atoms in total. The van der Waals surface area contributed by atoms with Crippen LogP contribution in [0.5, 0.6) is 0 Å². The molecule has 0 saturated heterocycles. The van der Waals surface area contributed by atoms with Crippen LogP contribution >= 0.6 is 23.4 Å². The number of aryl methyl sites for hydroxylation is 1. The third kappa shape index (κ3) is 2.05. The fraction of sp³-hybridized carbons (Fsp3) is 0.231. The molecule has 86 valence electrons. The first-order valence-corrected chi connectivity index (χ1v) is 6.97. The lowest BCUT2D eigenvalue weighted by Gasteiger charge is -2.05. The predicted molar refractivity (Wildman–Crippen MR) is 72.2 cm³/mol. The minimum atomic E-state index is 0.608. The second kappa shape index (κ2) is 4.31. The van der Waals surface area contributed by atoms with Crippen LogP contribution in [-0.2, 0) is 11.5 Å². The summed E-state index contributed by atoms with van der Waals surface area (Å²) in [6.45, 7) is 2.06. The lowest BCUT2D eigenvalue weighted by Crippen LogP contribution is -1.97. The molecular formula is C13H11ClN2S. The first-order valence-electron chi connectivity index (χ1n) is 5.44. The highest BCUT2D eigenvalue weighted by Gasteiger charge is 2.19. The van der Waals surface area contributed by atoms with Crippen molar-refractivity contribution in [3.8, 4) is 11.4 Å². The van der Waals surface area contributed by atoms with Crippen molar-refractivity contribution in [2.24, 2.45) is 0 Å². The lowest BCUT2D eigenvalue weighted by atomic mass is 10.1. The monoisotopic (exact) mass is 262 g/mol. The van der Waals surface area contributed by atoms with Gasteiger partial charge >= 0.3 is 0 Å². The molecule has 4 heteroatoms. The van der Waals surface area contributed by atoms with Gasteiger partial charge in [0.15, 0.2) is 5.82 Å². The molecule has 0 radical (unpaired) electrons. The number of benzene rings is 1. The quantitative estimate of drug-likeness (QED) is 0.730. The van der Waals surface area contributed by atoms with Crippen molar-refractivity contribution in [3.05, 3.63) is 46.2 Å². The van der Waals surface area contributed by atoms with Crippen LogP contribution < -0.4 is 0 Å². The van der Waals surface area contributed by atoms with Crippen LogP contribution in [-0.4, -0.2) is 9.97 Å². The standard InChI is InChI=1S/C13H11ClN2S/c1-8-3-2-4-9(5-8)13-15-11-7-17-6-10(11)12(14)16-13/h2-5H,6-7H2,1H3. The zero-order valence-electron chi connectivity index (χ0n) is 9.40. The number of aromatic nitrogens is 2. The van der Waals surface area contributed by atoms with E-state index in [1.807, 2.05) is 23.9 Å². The first-order chi connectivity index (χ1) is 8.24. The van der Waals surface area contributed by atoms with Crippen molar-refractivity contribution in [1.29, 1.82) is 0 Å². The number of hydrogen-bond acceptors (Lipinski definition) is 3. The molecule has 0 amide bonds. The summed E-state index contributed by atoms with van der Waals surface area (Å²) in [6, 6.07) is 8.19. The predicted octanol–water partition coefficient (Wildman–Crippen LogP) is 3.85. The van der Waals surface area contributed by atoms with E-state index in [4.69, 9.17) is 11.6 Å². The van der Waals surface area contributed by atoms with E-state index in [1.165, 1.54) is 5.56 Å². The number of fused-ring (bicyclic) bond motifs is 1. The van der Waals surface area contributed by atoms with Crippen molar-refractivity contribution in [2.75, 3.05) is 0 Å². The molecule has 0 unspecified atom stereocenters. The summed E-state index contributed by atoms with van der Waals surface area (Å²) in [6.07, 6.45) is 0. The Morgan fingerprint density at radius 1 is 1.24 bits per heavy atom. The maximum absolute atomic E-state index is 6.20. The Hall–Kier alpha value is -1.06. The first kappa shape index (κ1) is 11.1. The average molecular weight is 263 g/mol. The molecule has 0 N–H and O–H groups in total. The Balaban J connectivity index is 2.13. The second-order valence-electron chi connectivity index (χ2n) is 4.13. The van der Waals surface area contributed by atoms with Crippen molar-refractivity contribution < 1.29 is 0 Å². The maximum atomic E-state index is 6.20. The highest BCUT2D eigenvalue weighted by atomic mass is 35.5. The van der Waals surface area contributed by atoms with Gasteiger partial charge in [-0.15, -0.1) is 0 Å². The topological polar surface area (TPSA) is 25.8 Å². The Labute approximate surface area is 109 Å². The van der Waals surface area contributed by atoms with Gasteiger partial charge in [-0.3, -0.25) is 0 Å². The van der Waals surface area contributed by atoms with Crippen LogP contribution in [0.3, 0.4) is 0 Å². The molecule has 3 rings (SSSR count). The van der Waals surface area contributed by atoms with Crippen LogP contribution in [0.25, 0.3) is 11.4 Å². The minimum absolute atomic E-state index is 0.608. The molecule has 1 aromatic heterocycles. The van der Waals surface area contributed by atoms with Crippen molar-refractivity contribution in [2.45, 2.75) is 18.4 Å². The summed E-state index contributed by atoms with van der Waals surface area (Å²) in [5.74, 6) is 2.61. The Kier molecular flexibility index (Phi) is 2.81. The molecule has 0 atom stereocenters. The number of hydrogen-bond donors (Lipinski definition) is 0. The normalized spacial score (nSPS) is 13.8. The number of halogens is 1. The minimum Gasteiger partial charge on any atom is -0.232 e. The smallest absolute Gasteiger partial charge is 0.161 e. The molecule has 0 spiro atoms. The van der Waals surface area contributed by atoms with Crippen LogP contribution in [0.1, 0.15) is 16.8 Å². The van der Waals surface area contributed by atoms with E-state index in [0.29, 0.717) is 5.15 Å². The van der Waals surface area contributed by atoms with E-state index in [-0.39, 0.29) is 0 Å². The summed E-state index contributed by atoms with van der Waals surface area (Å²) in [7, 11) is 0. The number of rotatable bonds is 1. The van der Waals surface area contributed by atoms with Gasteiger partial charge in [-0.1, -0.05) is 35.4 Å². The summed E-state index contributed by atoms with van der Waals surface area (Å²) >= 11 is 8.04. The zero-order chi connectivity index (χ0) is 11.8. The molecular weight excluding hydrogens is 252 g/mol. The van der Waals surface area contributed by atoms with E-state index < -0.39 is 0 Å². The van der Waals surface area contributed by atoms with E-state index in [1.54, 1.807) is 0 Å². The second-order valence-corrected chi connectivity index (χ2v) is 5.47. The highest BCUT2D eigenvalue weighted by Crippen LogP contribution is 2.34. The van der Waals surface area contributed by atoms with Gasteiger partial charge in [0.05, 0.1) is 5.69 Å². The third-order valence-corrected chi connectivity index (χ3v) is 4.09. The molecule has 2 heterocycles. The third-order valence-electron chi connectivity index (χ3n) is 2.80. The molecule has 1 aromatic carbocycles. The van der Waals surface area contributed by atoms with E-state index in [0.717, 1.165) is 34.2 Å². The van der Waals surface area contributed by atoms with Gasteiger partial charge in [0.2, 0.25) is 0 Å². The van der Waals surface area contributed by atoms with Gasteiger partial charge in [-0.25, -0.2) is 9.97 Å². The Morgan fingerprint density at radius 3 is 2.94 bits per heavy atom. The molecule has 1 aliphatic rings. The van der Waals surface area contributed by atoms with Gasteiger partial charge in [0, 0.05) is 22.6 Å². The van der Waals surface area contributed by atoms with Gasteiger partial charge in [0.1, 0.15) is 5.15 Å². The van der Waals surface area contributed by atoms with Crippen molar-refractivity contribution in [3.63, 3.8) is 0 Å². The fourth-order valence-corrected chi connectivity index (χ4v) is 3.30. The SMILES string of the molecule is Cc1cccc(-c2nc(Cl)c3c(n2)CSC3)c1. The molecule has 0 bridgehead atoms. The van der Waals surface area contributed by atoms with E-state index in [2.05, 4.69) is 29.0 Å². The molecule has 0 saturated carbocycles. The maximum Gasteiger partial charge on any atom is 0.161 e. The number of nitrogens with zero attached hydrogens (tertiary/aromatic N) is 2. The van der Waals surface area contributed by atoms with Crippen molar-refractivity contribution in [1.82, 2.24) is 9.97 Å². The number of thioether (sulfide) groups is 1.